The largest absolute Gasteiger partial charge is 0.392 e. The van der Waals surface area contributed by atoms with Gasteiger partial charge in [0, 0.05) is 50.0 Å². The van der Waals surface area contributed by atoms with Crippen LogP contribution in [-0.4, -0.2) is 37.7 Å². The summed E-state index contributed by atoms with van der Waals surface area (Å²) in [6.45, 7) is 2.72. The van der Waals surface area contributed by atoms with Gasteiger partial charge in [-0.05, 0) is 42.2 Å². The van der Waals surface area contributed by atoms with Gasteiger partial charge in [-0.1, -0.05) is 6.07 Å². The summed E-state index contributed by atoms with van der Waals surface area (Å²) in [4.78, 5) is 15.7. The molecule has 0 spiro atoms. The van der Waals surface area contributed by atoms with Crippen molar-refractivity contribution < 1.29 is 5.11 Å². The van der Waals surface area contributed by atoms with E-state index in [1.165, 1.54) is 5.56 Å². The number of pyridine rings is 2. The first kappa shape index (κ1) is 16.7. The maximum atomic E-state index is 9.37. The van der Waals surface area contributed by atoms with Gasteiger partial charge in [0.05, 0.1) is 13.2 Å². The van der Waals surface area contributed by atoms with Gasteiger partial charge < -0.3 is 14.6 Å². The summed E-state index contributed by atoms with van der Waals surface area (Å²) in [5.74, 6) is 2.43. The van der Waals surface area contributed by atoms with E-state index < -0.39 is 0 Å². The standard InChI is InChI=1S/C20H23N5O/c26-15-16-5-7-22-19(11-16)24-9-2-4-18(14-24)20-23-8-10-25(20)13-17-3-1-6-21-12-17/h1,3,5-8,10-12,18,26H,2,4,9,13-15H2/t18-/m0/s1. The van der Waals surface area contributed by atoms with Gasteiger partial charge in [-0.25, -0.2) is 9.97 Å². The van der Waals surface area contributed by atoms with Crippen LogP contribution in [0.2, 0.25) is 0 Å². The molecule has 0 amide bonds. The number of imidazole rings is 1. The van der Waals surface area contributed by atoms with Gasteiger partial charge in [-0.15, -0.1) is 0 Å². The molecule has 0 aliphatic carbocycles. The first-order valence-electron chi connectivity index (χ1n) is 9.04. The smallest absolute Gasteiger partial charge is 0.128 e. The molecule has 0 aromatic carbocycles. The summed E-state index contributed by atoms with van der Waals surface area (Å²) in [6.07, 6.45) is 11.6. The van der Waals surface area contributed by atoms with Crippen LogP contribution in [0.15, 0.2) is 55.2 Å². The highest BCUT2D eigenvalue weighted by Crippen LogP contribution is 2.29. The van der Waals surface area contributed by atoms with Gasteiger partial charge in [0.15, 0.2) is 0 Å². The van der Waals surface area contributed by atoms with Crippen molar-refractivity contribution in [2.75, 3.05) is 18.0 Å². The molecule has 1 fully saturated rings. The fraction of sp³-hybridized carbons (Fsp3) is 0.350. The van der Waals surface area contributed by atoms with Gasteiger partial charge in [-0.2, -0.15) is 0 Å². The monoisotopic (exact) mass is 349 g/mol. The number of aliphatic hydroxyl groups excluding tert-OH is 1. The molecule has 6 nitrogen and oxygen atoms in total. The van der Waals surface area contributed by atoms with Gasteiger partial charge in [0.2, 0.25) is 0 Å². The highest BCUT2D eigenvalue weighted by atomic mass is 16.3. The number of aliphatic hydroxyl groups is 1. The maximum absolute atomic E-state index is 9.37. The van der Waals surface area contributed by atoms with Crippen LogP contribution < -0.4 is 4.90 Å². The minimum atomic E-state index is 0.0440. The Morgan fingerprint density at radius 2 is 2.08 bits per heavy atom. The summed E-state index contributed by atoms with van der Waals surface area (Å²) in [5.41, 5.74) is 2.08. The van der Waals surface area contributed by atoms with Crippen LogP contribution in [0, 0.1) is 0 Å². The van der Waals surface area contributed by atoms with Gasteiger partial charge >= 0.3 is 0 Å². The molecule has 1 saturated heterocycles. The Hall–Kier alpha value is -2.73. The van der Waals surface area contributed by atoms with Crippen molar-refractivity contribution in [3.05, 3.63) is 72.2 Å². The van der Waals surface area contributed by atoms with E-state index >= 15 is 0 Å². The Morgan fingerprint density at radius 1 is 1.12 bits per heavy atom. The average molecular weight is 349 g/mol. The van der Waals surface area contributed by atoms with Crippen LogP contribution in [-0.2, 0) is 13.2 Å². The molecule has 4 heterocycles. The van der Waals surface area contributed by atoms with Crippen molar-refractivity contribution in [3.63, 3.8) is 0 Å². The number of aromatic nitrogens is 4. The fourth-order valence-corrected chi connectivity index (χ4v) is 3.63. The zero-order valence-electron chi connectivity index (χ0n) is 14.7. The molecule has 134 valence electrons. The zero-order chi connectivity index (χ0) is 17.8. The summed E-state index contributed by atoms with van der Waals surface area (Å²) < 4.78 is 2.22. The summed E-state index contributed by atoms with van der Waals surface area (Å²) in [7, 11) is 0. The molecular weight excluding hydrogens is 326 g/mol. The van der Waals surface area contributed by atoms with Crippen LogP contribution >= 0.6 is 0 Å². The van der Waals surface area contributed by atoms with Crippen LogP contribution in [0.25, 0.3) is 0 Å². The lowest BCUT2D eigenvalue weighted by atomic mass is 9.97. The van der Waals surface area contributed by atoms with E-state index in [0.717, 1.165) is 49.7 Å². The minimum Gasteiger partial charge on any atom is -0.392 e. The fourth-order valence-electron chi connectivity index (χ4n) is 3.63. The molecule has 3 aromatic heterocycles. The Morgan fingerprint density at radius 3 is 2.92 bits per heavy atom. The third-order valence-corrected chi connectivity index (χ3v) is 4.93. The van der Waals surface area contributed by atoms with E-state index in [1.807, 2.05) is 36.8 Å². The van der Waals surface area contributed by atoms with E-state index in [9.17, 15) is 5.11 Å². The van der Waals surface area contributed by atoms with Crippen molar-refractivity contribution >= 4 is 5.82 Å². The topological polar surface area (TPSA) is 67.1 Å². The highest BCUT2D eigenvalue weighted by molar-refractivity contribution is 5.42. The number of piperidine rings is 1. The molecule has 3 aromatic rings. The zero-order valence-corrected chi connectivity index (χ0v) is 14.7. The molecule has 0 unspecified atom stereocenters. The number of nitrogens with zero attached hydrogens (tertiary/aromatic N) is 5. The lowest BCUT2D eigenvalue weighted by molar-refractivity contribution is 0.281. The summed E-state index contributed by atoms with van der Waals surface area (Å²) in [6, 6.07) is 7.89. The molecular formula is C20H23N5O. The lowest BCUT2D eigenvalue weighted by Gasteiger charge is -2.33. The predicted octanol–water partition coefficient (Wildman–Crippen LogP) is 2.60. The van der Waals surface area contributed by atoms with Gasteiger partial charge in [0.1, 0.15) is 11.6 Å². The van der Waals surface area contributed by atoms with Crippen molar-refractivity contribution in [1.29, 1.82) is 0 Å². The lowest BCUT2D eigenvalue weighted by Crippen LogP contribution is -2.36. The highest BCUT2D eigenvalue weighted by Gasteiger charge is 2.25. The Bertz CT molecular complexity index is 848. The average Bonchev–Trinajstić information content (AvgIpc) is 3.17. The molecule has 26 heavy (non-hydrogen) atoms. The van der Waals surface area contributed by atoms with Crippen LogP contribution in [0.5, 0.6) is 0 Å². The van der Waals surface area contributed by atoms with Gasteiger partial charge in [0.25, 0.3) is 0 Å². The van der Waals surface area contributed by atoms with Crippen molar-refractivity contribution in [2.45, 2.75) is 31.9 Å². The third-order valence-electron chi connectivity index (χ3n) is 4.93. The molecule has 1 N–H and O–H groups in total. The molecule has 0 saturated carbocycles. The number of hydrogen-bond donors (Lipinski definition) is 1. The first-order chi connectivity index (χ1) is 12.8. The molecule has 4 rings (SSSR count). The molecule has 6 heteroatoms. The second-order valence-corrected chi connectivity index (χ2v) is 6.74. The third kappa shape index (κ3) is 3.60. The molecule has 0 radical (unpaired) electrons. The molecule has 1 atom stereocenters. The SMILES string of the molecule is OCc1ccnc(N2CCC[C@H](c3nccn3Cc3cccnc3)C2)c1. The van der Waals surface area contributed by atoms with Crippen molar-refractivity contribution in [1.82, 2.24) is 19.5 Å². The van der Waals surface area contributed by atoms with Crippen LogP contribution in [0.1, 0.15) is 35.7 Å². The normalized spacial score (nSPS) is 17.4. The van der Waals surface area contributed by atoms with E-state index in [1.54, 1.807) is 12.4 Å². The molecule has 0 bridgehead atoms. The quantitative estimate of drug-likeness (QED) is 0.767. The number of anilines is 1. The minimum absolute atomic E-state index is 0.0440. The number of rotatable bonds is 5. The van der Waals surface area contributed by atoms with E-state index in [4.69, 9.17) is 0 Å². The second kappa shape index (κ2) is 7.66. The second-order valence-electron chi connectivity index (χ2n) is 6.74. The molecule has 1 aliphatic rings. The van der Waals surface area contributed by atoms with Crippen LogP contribution in [0.4, 0.5) is 5.82 Å². The molecule has 1 aliphatic heterocycles. The van der Waals surface area contributed by atoms with Crippen molar-refractivity contribution in [3.8, 4) is 0 Å². The maximum Gasteiger partial charge on any atom is 0.128 e. The summed E-state index contributed by atoms with van der Waals surface area (Å²) >= 11 is 0. The first-order valence-corrected chi connectivity index (χ1v) is 9.04. The predicted molar refractivity (Wildman–Crippen MR) is 99.9 cm³/mol. The van der Waals surface area contributed by atoms with Crippen LogP contribution in [0.3, 0.4) is 0 Å². The Kier molecular flexibility index (Phi) is 4.93. The van der Waals surface area contributed by atoms with E-state index in [0.29, 0.717) is 5.92 Å². The Balaban J connectivity index is 1.52. The van der Waals surface area contributed by atoms with Gasteiger partial charge in [-0.3, -0.25) is 4.98 Å². The number of hydrogen-bond acceptors (Lipinski definition) is 5. The van der Waals surface area contributed by atoms with Crippen molar-refractivity contribution in [2.24, 2.45) is 0 Å². The summed E-state index contributed by atoms with van der Waals surface area (Å²) in [5, 5.41) is 9.37. The van der Waals surface area contributed by atoms with E-state index in [2.05, 4.69) is 30.5 Å². The Labute approximate surface area is 153 Å². The van der Waals surface area contributed by atoms with E-state index in [-0.39, 0.29) is 6.61 Å².